The van der Waals surface area contributed by atoms with E-state index in [9.17, 15) is 14.4 Å². The number of aryl methyl sites for hydroxylation is 1. The topological polar surface area (TPSA) is 119 Å². The third kappa shape index (κ3) is 4.58. The first kappa shape index (κ1) is 23.0. The fourth-order valence-corrected chi connectivity index (χ4v) is 4.13. The fraction of sp³-hybridized carbons (Fsp3) is 0.148. The van der Waals surface area contributed by atoms with Gasteiger partial charge in [0.1, 0.15) is 6.33 Å². The predicted octanol–water partition coefficient (Wildman–Crippen LogP) is 2.96. The Morgan fingerprint density at radius 3 is 2.36 bits per heavy atom. The molecule has 0 radical (unpaired) electrons. The van der Waals surface area contributed by atoms with Crippen LogP contribution in [0.15, 0.2) is 77.9 Å². The maximum absolute atomic E-state index is 13.5. The summed E-state index contributed by atoms with van der Waals surface area (Å²) in [6.07, 6.45) is 1.46. The lowest BCUT2D eigenvalue weighted by atomic mass is 10.1. The lowest BCUT2D eigenvalue weighted by Crippen LogP contribution is -2.25. The minimum atomic E-state index is -0.905. The van der Waals surface area contributed by atoms with E-state index in [4.69, 9.17) is 5.11 Å². The van der Waals surface area contributed by atoms with Crippen LogP contribution in [-0.2, 0) is 24.3 Å². The molecule has 0 spiro atoms. The summed E-state index contributed by atoms with van der Waals surface area (Å²) in [6.45, 7) is 2.60. The zero-order valence-corrected chi connectivity index (χ0v) is 19.5. The van der Waals surface area contributed by atoms with Gasteiger partial charge in [0.05, 0.1) is 23.9 Å². The third-order valence-corrected chi connectivity index (χ3v) is 6.06. The van der Waals surface area contributed by atoms with Gasteiger partial charge in [0.2, 0.25) is 5.78 Å². The number of carbonyl (C=O) groups excluding carboxylic acids is 1. The molecule has 0 unspecified atom stereocenters. The largest absolute Gasteiger partial charge is 0.481 e. The lowest BCUT2D eigenvalue weighted by Gasteiger charge is -2.12. The van der Waals surface area contributed by atoms with Crippen molar-refractivity contribution in [3.05, 3.63) is 111 Å². The summed E-state index contributed by atoms with van der Waals surface area (Å²) < 4.78 is 3.21. The number of nitrogens with zero attached hydrogens (tertiary/aromatic N) is 4. The second-order valence-corrected chi connectivity index (χ2v) is 8.68. The van der Waals surface area contributed by atoms with Gasteiger partial charge in [0.15, 0.2) is 0 Å². The van der Waals surface area contributed by atoms with Crippen molar-refractivity contribution in [2.24, 2.45) is 0 Å². The van der Waals surface area contributed by atoms with Crippen molar-refractivity contribution in [3.63, 3.8) is 0 Å². The van der Waals surface area contributed by atoms with Gasteiger partial charge < -0.3 is 10.4 Å². The second kappa shape index (κ2) is 9.46. The Bertz CT molecular complexity index is 1650. The average Bonchev–Trinajstić information content (AvgIpc) is 3.36. The van der Waals surface area contributed by atoms with Crippen LogP contribution in [0, 0.1) is 6.92 Å². The number of nitrogens with one attached hydrogen (secondary N) is 1. The number of aliphatic carboxylic acids is 1. The van der Waals surface area contributed by atoms with Crippen molar-refractivity contribution in [3.8, 4) is 0 Å². The minimum absolute atomic E-state index is 0.0701. The molecule has 3 aromatic carbocycles. The summed E-state index contributed by atoms with van der Waals surface area (Å²) in [5, 5.41) is 20.4. The molecule has 9 heteroatoms. The molecule has 0 saturated heterocycles. The van der Waals surface area contributed by atoms with Crippen LogP contribution < -0.4 is 10.9 Å². The normalized spacial score (nSPS) is 11.1. The van der Waals surface area contributed by atoms with Gasteiger partial charge >= 0.3 is 5.97 Å². The first-order valence-electron chi connectivity index (χ1n) is 11.4. The molecule has 2 heterocycles. The number of hydrogen-bond acceptors (Lipinski definition) is 5. The van der Waals surface area contributed by atoms with Gasteiger partial charge in [0, 0.05) is 12.1 Å². The van der Waals surface area contributed by atoms with E-state index in [0.717, 1.165) is 16.7 Å². The molecule has 0 atom stereocenters. The number of carboxylic acid groups (broad SMARTS) is 1. The molecule has 0 bridgehead atoms. The molecule has 1 amide bonds. The van der Waals surface area contributed by atoms with Crippen LogP contribution in [0.1, 0.15) is 32.6 Å². The van der Waals surface area contributed by atoms with Gasteiger partial charge in [-0.2, -0.15) is 0 Å². The van der Waals surface area contributed by atoms with Gasteiger partial charge in [-0.3, -0.25) is 23.4 Å². The van der Waals surface area contributed by atoms with Gasteiger partial charge in [-0.25, -0.2) is 0 Å². The quantitative estimate of drug-likeness (QED) is 0.369. The zero-order chi connectivity index (χ0) is 25.2. The molecule has 2 N–H and O–H groups in total. The Morgan fingerprint density at radius 2 is 1.64 bits per heavy atom. The van der Waals surface area contributed by atoms with Crippen LogP contribution in [0.5, 0.6) is 0 Å². The summed E-state index contributed by atoms with van der Waals surface area (Å²) in [6, 6.07) is 19.9. The van der Waals surface area contributed by atoms with E-state index < -0.39 is 5.97 Å². The molecule has 0 saturated carbocycles. The lowest BCUT2D eigenvalue weighted by molar-refractivity contribution is -0.136. The first-order chi connectivity index (χ1) is 17.4. The summed E-state index contributed by atoms with van der Waals surface area (Å²) in [7, 11) is 0. The Hall–Kier alpha value is -4.79. The van der Waals surface area contributed by atoms with Crippen LogP contribution in [0.25, 0.3) is 16.7 Å². The van der Waals surface area contributed by atoms with Gasteiger partial charge in [0.25, 0.3) is 11.5 Å². The van der Waals surface area contributed by atoms with Gasteiger partial charge in [-0.15, -0.1) is 10.2 Å². The molecule has 2 aromatic heterocycles. The number of carbonyl (C=O) groups is 2. The molecule has 180 valence electrons. The van der Waals surface area contributed by atoms with E-state index in [-0.39, 0.29) is 24.4 Å². The molecular weight excluding hydrogens is 458 g/mol. The molecule has 36 heavy (non-hydrogen) atoms. The van der Waals surface area contributed by atoms with Crippen LogP contribution in [0.2, 0.25) is 0 Å². The summed E-state index contributed by atoms with van der Waals surface area (Å²) in [5.74, 6) is -0.808. The number of amides is 1. The highest BCUT2D eigenvalue weighted by atomic mass is 16.4. The number of benzene rings is 3. The SMILES string of the molecule is Cc1ccc(CNC(=O)c2ccc3c(c2)c(=O)n(Cc2ccc(CC(=O)O)cc2)c2nncn32)cc1. The summed E-state index contributed by atoms with van der Waals surface area (Å²) in [5.41, 5.74) is 4.29. The van der Waals surface area contributed by atoms with E-state index in [1.165, 1.54) is 10.9 Å². The molecular formula is C27H23N5O4. The Balaban J connectivity index is 1.47. The highest BCUT2D eigenvalue weighted by molar-refractivity contribution is 5.98. The summed E-state index contributed by atoms with van der Waals surface area (Å²) >= 11 is 0. The highest BCUT2D eigenvalue weighted by Gasteiger charge is 2.15. The van der Waals surface area contributed by atoms with E-state index >= 15 is 0 Å². The number of hydrogen-bond donors (Lipinski definition) is 2. The second-order valence-electron chi connectivity index (χ2n) is 8.68. The maximum Gasteiger partial charge on any atom is 0.307 e. The highest BCUT2D eigenvalue weighted by Crippen LogP contribution is 2.16. The monoisotopic (exact) mass is 481 g/mol. The Labute approximate surface area is 205 Å². The smallest absolute Gasteiger partial charge is 0.307 e. The molecule has 9 nitrogen and oxygen atoms in total. The zero-order valence-electron chi connectivity index (χ0n) is 19.5. The Kier molecular flexibility index (Phi) is 6.03. The average molecular weight is 482 g/mol. The van der Waals surface area contributed by atoms with Crippen molar-refractivity contribution in [1.82, 2.24) is 24.5 Å². The maximum atomic E-state index is 13.5. The van der Waals surface area contributed by atoms with E-state index in [0.29, 0.717) is 34.4 Å². The van der Waals surface area contributed by atoms with Crippen LogP contribution >= 0.6 is 0 Å². The van der Waals surface area contributed by atoms with Crippen molar-refractivity contribution in [2.75, 3.05) is 0 Å². The summed E-state index contributed by atoms with van der Waals surface area (Å²) in [4.78, 5) is 37.3. The molecule has 0 aliphatic carbocycles. The standard InChI is InChI=1S/C27H23N5O4/c1-17-2-4-19(5-3-17)14-28-25(35)21-10-11-23-22(13-21)26(36)31(27-30-29-16-32(23)27)15-20-8-6-18(7-9-20)12-24(33)34/h2-11,13,16H,12,14-15H2,1H3,(H,28,35)(H,33,34). The van der Waals surface area contributed by atoms with Crippen molar-refractivity contribution in [2.45, 2.75) is 26.4 Å². The van der Waals surface area contributed by atoms with E-state index in [1.807, 2.05) is 31.2 Å². The fourth-order valence-electron chi connectivity index (χ4n) is 4.13. The van der Waals surface area contributed by atoms with E-state index in [2.05, 4.69) is 15.5 Å². The predicted molar refractivity (Wildman–Crippen MR) is 134 cm³/mol. The number of rotatable bonds is 7. The number of fused-ring (bicyclic) bond motifs is 3. The third-order valence-electron chi connectivity index (χ3n) is 6.06. The molecule has 5 rings (SSSR count). The molecule has 0 aliphatic heterocycles. The number of carboxylic acids is 1. The Morgan fingerprint density at radius 1 is 0.944 bits per heavy atom. The molecule has 0 fully saturated rings. The molecule has 5 aromatic rings. The van der Waals surface area contributed by atoms with Gasteiger partial charge in [-0.05, 0) is 41.8 Å². The van der Waals surface area contributed by atoms with Crippen LogP contribution in [0.4, 0.5) is 0 Å². The molecule has 0 aliphatic rings. The first-order valence-corrected chi connectivity index (χ1v) is 11.4. The van der Waals surface area contributed by atoms with Crippen molar-refractivity contribution < 1.29 is 14.7 Å². The van der Waals surface area contributed by atoms with E-state index in [1.54, 1.807) is 46.9 Å². The van der Waals surface area contributed by atoms with Crippen molar-refractivity contribution in [1.29, 1.82) is 0 Å². The van der Waals surface area contributed by atoms with Crippen LogP contribution in [0.3, 0.4) is 0 Å². The minimum Gasteiger partial charge on any atom is -0.481 e. The van der Waals surface area contributed by atoms with Crippen LogP contribution in [-0.4, -0.2) is 36.1 Å². The van der Waals surface area contributed by atoms with Gasteiger partial charge in [-0.1, -0.05) is 54.1 Å². The number of aromatic nitrogens is 4. The van der Waals surface area contributed by atoms with Crippen molar-refractivity contribution >= 4 is 28.6 Å².